The average Bonchev–Trinajstić information content (AvgIpc) is 2.72. The van der Waals surface area contributed by atoms with Gasteiger partial charge in [-0.05, 0) is 27.7 Å². The molecule has 0 aliphatic rings. The minimum Gasteiger partial charge on any atom is -0.272 e. The Morgan fingerprint density at radius 1 is 1.40 bits per heavy atom. The summed E-state index contributed by atoms with van der Waals surface area (Å²) in [6.07, 6.45) is -2.06. The standard InChI is InChI=1S/C12H20F3N3OS/c1-9(17-20(19)11(2,3)4)10-7-16-18(8-10)6-5-12(13,14)15/h7-9,17H,5-6H2,1-4H3/t9-,20+/m1/s1. The van der Waals surface area contributed by atoms with Gasteiger partial charge in [0.15, 0.2) is 0 Å². The second-order valence-electron chi connectivity index (χ2n) is 5.62. The molecule has 1 rings (SSSR count). The minimum atomic E-state index is -4.19. The normalized spacial score (nSPS) is 16.1. The molecule has 0 amide bonds. The summed E-state index contributed by atoms with van der Waals surface area (Å²) >= 11 is 0. The maximum Gasteiger partial charge on any atom is 0.390 e. The van der Waals surface area contributed by atoms with Gasteiger partial charge in [-0.1, -0.05) is 0 Å². The fourth-order valence-electron chi connectivity index (χ4n) is 1.37. The van der Waals surface area contributed by atoms with Gasteiger partial charge in [-0.2, -0.15) is 18.3 Å². The highest BCUT2D eigenvalue weighted by Crippen LogP contribution is 2.21. The molecule has 4 nitrogen and oxygen atoms in total. The van der Waals surface area contributed by atoms with Crippen LogP contribution in [-0.4, -0.2) is 24.9 Å². The number of aryl methyl sites for hydroxylation is 1. The fourth-order valence-corrected chi connectivity index (χ4v) is 2.18. The second-order valence-corrected chi connectivity index (χ2v) is 7.62. The highest BCUT2D eigenvalue weighted by molar-refractivity contribution is 7.84. The Hall–Kier alpha value is -0.890. The van der Waals surface area contributed by atoms with E-state index in [4.69, 9.17) is 0 Å². The van der Waals surface area contributed by atoms with Gasteiger partial charge in [-0.15, -0.1) is 0 Å². The van der Waals surface area contributed by atoms with Crippen LogP contribution in [0.4, 0.5) is 13.2 Å². The van der Waals surface area contributed by atoms with Gasteiger partial charge in [0.2, 0.25) is 0 Å². The van der Waals surface area contributed by atoms with Crippen molar-refractivity contribution in [3.63, 3.8) is 0 Å². The van der Waals surface area contributed by atoms with E-state index in [1.807, 2.05) is 20.8 Å². The first-order valence-electron chi connectivity index (χ1n) is 6.26. The van der Waals surface area contributed by atoms with Gasteiger partial charge < -0.3 is 0 Å². The number of hydrogen-bond donors (Lipinski definition) is 1. The zero-order valence-corrected chi connectivity index (χ0v) is 12.8. The zero-order chi connectivity index (χ0) is 15.6. The molecule has 0 unspecified atom stereocenters. The zero-order valence-electron chi connectivity index (χ0n) is 12.0. The Labute approximate surface area is 119 Å². The summed E-state index contributed by atoms with van der Waals surface area (Å²) < 4.78 is 52.1. The average molecular weight is 311 g/mol. The van der Waals surface area contributed by atoms with Gasteiger partial charge in [0.1, 0.15) is 0 Å². The van der Waals surface area contributed by atoms with Crippen molar-refractivity contribution in [1.29, 1.82) is 0 Å². The number of alkyl halides is 3. The molecule has 0 fully saturated rings. The molecule has 8 heteroatoms. The SMILES string of the molecule is C[C@@H](N[S@@](=O)C(C)(C)C)c1cnn(CCC(F)(F)F)c1. The van der Waals surface area contributed by atoms with Crippen molar-refractivity contribution in [2.45, 2.75) is 57.6 Å². The van der Waals surface area contributed by atoms with Crippen molar-refractivity contribution in [1.82, 2.24) is 14.5 Å². The second kappa shape index (κ2) is 6.26. The molecule has 0 saturated heterocycles. The molecule has 1 aromatic heterocycles. The van der Waals surface area contributed by atoms with Crippen molar-refractivity contribution < 1.29 is 17.4 Å². The topological polar surface area (TPSA) is 46.9 Å². The monoisotopic (exact) mass is 311 g/mol. The Kier molecular flexibility index (Phi) is 5.37. The van der Waals surface area contributed by atoms with Crippen LogP contribution < -0.4 is 4.72 Å². The number of hydrogen-bond acceptors (Lipinski definition) is 2. The first kappa shape index (κ1) is 17.2. The highest BCUT2D eigenvalue weighted by Gasteiger charge is 2.27. The van der Waals surface area contributed by atoms with Crippen LogP contribution in [0.3, 0.4) is 0 Å². The lowest BCUT2D eigenvalue weighted by Gasteiger charge is -2.21. The molecule has 2 atom stereocenters. The Morgan fingerprint density at radius 2 is 2.00 bits per heavy atom. The summed E-state index contributed by atoms with van der Waals surface area (Å²) in [7, 11) is -1.24. The predicted molar refractivity (Wildman–Crippen MR) is 72.3 cm³/mol. The van der Waals surface area contributed by atoms with Crippen molar-refractivity contribution >= 4 is 11.0 Å². The largest absolute Gasteiger partial charge is 0.390 e. The van der Waals surface area contributed by atoms with E-state index in [-0.39, 0.29) is 12.6 Å². The highest BCUT2D eigenvalue weighted by atomic mass is 32.2. The van der Waals surface area contributed by atoms with Gasteiger partial charge in [-0.25, -0.2) is 8.93 Å². The molecule has 0 spiro atoms. The first-order valence-corrected chi connectivity index (χ1v) is 7.41. The van der Waals surface area contributed by atoms with Crippen molar-refractivity contribution in [2.75, 3.05) is 0 Å². The molecule has 0 aliphatic carbocycles. The summed E-state index contributed by atoms with van der Waals surface area (Å²) in [6, 6.07) is -0.241. The van der Waals surface area contributed by atoms with Gasteiger partial charge in [-0.3, -0.25) is 4.68 Å². The van der Waals surface area contributed by atoms with Crippen LogP contribution in [0.1, 0.15) is 45.7 Å². The lowest BCUT2D eigenvalue weighted by molar-refractivity contribution is -0.137. The number of halogens is 3. The molecule has 1 aromatic rings. The molecular formula is C12H20F3N3OS. The molecule has 0 saturated carbocycles. The maximum absolute atomic E-state index is 12.1. The summed E-state index contributed by atoms with van der Waals surface area (Å²) in [4.78, 5) is 0. The van der Waals surface area contributed by atoms with E-state index in [0.717, 1.165) is 0 Å². The van der Waals surface area contributed by atoms with E-state index >= 15 is 0 Å². The molecule has 116 valence electrons. The van der Waals surface area contributed by atoms with E-state index in [2.05, 4.69) is 9.82 Å². The van der Waals surface area contributed by atoms with Gasteiger partial charge in [0.05, 0.1) is 28.4 Å². The molecule has 1 heterocycles. The van der Waals surface area contributed by atoms with Gasteiger partial charge >= 0.3 is 6.18 Å². The van der Waals surface area contributed by atoms with Crippen LogP contribution in [0.25, 0.3) is 0 Å². The molecule has 1 N–H and O–H groups in total. The summed E-state index contributed by atoms with van der Waals surface area (Å²) in [5, 5.41) is 3.89. The van der Waals surface area contributed by atoms with Crippen LogP contribution in [0.2, 0.25) is 0 Å². The quantitative estimate of drug-likeness (QED) is 0.909. The van der Waals surface area contributed by atoms with Crippen LogP contribution >= 0.6 is 0 Å². The van der Waals surface area contributed by atoms with Gasteiger partial charge in [0.25, 0.3) is 0 Å². The number of nitrogens with zero attached hydrogens (tertiary/aromatic N) is 2. The van der Waals surface area contributed by atoms with Crippen LogP contribution in [0, 0.1) is 0 Å². The molecule has 0 radical (unpaired) electrons. The summed E-state index contributed by atoms with van der Waals surface area (Å²) in [6.45, 7) is 7.12. The molecule has 0 aromatic carbocycles. The summed E-state index contributed by atoms with van der Waals surface area (Å²) in [5.41, 5.74) is 0.713. The maximum atomic E-state index is 12.1. The first-order chi connectivity index (χ1) is 8.99. The van der Waals surface area contributed by atoms with Crippen LogP contribution in [0.5, 0.6) is 0 Å². The third-order valence-electron chi connectivity index (χ3n) is 2.62. The lowest BCUT2D eigenvalue weighted by Crippen LogP contribution is -2.34. The number of nitrogens with one attached hydrogen (secondary N) is 1. The molecule has 20 heavy (non-hydrogen) atoms. The van der Waals surface area contributed by atoms with E-state index in [1.54, 1.807) is 13.1 Å². The Bertz CT molecular complexity index is 465. The fraction of sp³-hybridized carbons (Fsp3) is 0.750. The van der Waals surface area contributed by atoms with E-state index in [9.17, 15) is 17.4 Å². The Morgan fingerprint density at radius 3 is 2.50 bits per heavy atom. The van der Waals surface area contributed by atoms with Crippen LogP contribution in [0.15, 0.2) is 12.4 Å². The van der Waals surface area contributed by atoms with E-state index in [0.29, 0.717) is 5.56 Å². The molecule has 0 bridgehead atoms. The smallest absolute Gasteiger partial charge is 0.272 e. The van der Waals surface area contributed by atoms with E-state index in [1.165, 1.54) is 10.9 Å². The molecule has 0 aliphatic heterocycles. The minimum absolute atomic E-state index is 0.210. The molecular weight excluding hydrogens is 291 g/mol. The third-order valence-corrected chi connectivity index (χ3v) is 4.30. The van der Waals surface area contributed by atoms with Crippen molar-refractivity contribution in [3.8, 4) is 0 Å². The van der Waals surface area contributed by atoms with Crippen LogP contribution in [-0.2, 0) is 17.5 Å². The number of rotatable bonds is 5. The number of aromatic nitrogens is 2. The van der Waals surface area contributed by atoms with Gasteiger partial charge in [0, 0.05) is 24.3 Å². The third kappa shape index (κ3) is 5.62. The Balaban J connectivity index is 2.60. The summed E-state index contributed by atoms with van der Waals surface area (Å²) in [5.74, 6) is 0. The predicted octanol–water partition coefficient (Wildman–Crippen LogP) is 2.95. The lowest BCUT2D eigenvalue weighted by atomic mass is 10.2. The van der Waals surface area contributed by atoms with Crippen molar-refractivity contribution in [3.05, 3.63) is 18.0 Å². The van der Waals surface area contributed by atoms with Crippen molar-refractivity contribution in [2.24, 2.45) is 0 Å². The van der Waals surface area contributed by atoms with E-state index < -0.39 is 28.3 Å².